The Morgan fingerprint density at radius 3 is 2.60 bits per heavy atom. The molecule has 2 amide bonds. The standard InChI is InChI=1S/C31H33FN4O7/c1-4-41-26-15-22(29-28(30(38)40-3)19(2)34-31(39)35-29)10-13-25(26)43-18-27(37)36-33-16-20-8-11-24(12-9-20)42-17-21-6-5-7-23(32)14-21/h5-16,27,29,36-37H,4,17-18H2,1-3H3,(H2,34,35,39)/b33-16-/t27-,29-/m0/s1. The number of aliphatic hydroxyl groups excluding tert-OH is 1. The highest BCUT2D eigenvalue weighted by atomic mass is 19.1. The normalized spacial score (nSPS) is 15.4. The second-order valence-electron chi connectivity index (χ2n) is 9.40. The molecular weight excluding hydrogens is 559 g/mol. The summed E-state index contributed by atoms with van der Waals surface area (Å²) in [7, 11) is 1.27. The van der Waals surface area contributed by atoms with Gasteiger partial charge in [-0.3, -0.25) is 5.43 Å². The number of amides is 2. The predicted molar refractivity (Wildman–Crippen MR) is 156 cm³/mol. The second-order valence-corrected chi connectivity index (χ2v) is 9.40. The van der Waals surface area contributed by atoms with Crippen LogP contribution >= 0.6 is 0 Å². The molecule has 2 atom stereocenters. The van der Waals surface area contributed by atoms with Gasteiger partial charge in [-0.1, -0.05) is 18.2 Å². The van der Waals surface area contributed by atoms with Gasteiger partial charge in [0, 0.05) is 5.70 Å². The number of hydrogen-bond acceptors (Lipinski definition) is 9. The van der Waals surface area contributed by atoms with Crippen LogP contribution in [0.3, 0.4) is 0 Å². The van der Waals surface area contributed by atoms with Gasteiger partial charge >= 0.3 is 12.0 Å². The molecule has 1 heterocycles. The fourth-order valence-electron chi connectivity index (χ4n) is 4.26. The van der Waals surface area contributed by atoms with Crippen LogP contribution in [0.5, 0.6) is 17.2 Å². The molecule has 0 aliphatic carbocycles. The molecule has 0 unspecified atom stereocenters. The smallest absolute Gasteiger partial charge is 0.337 e. The Labute approximate surface area is 248 Å². The fraction of sp³-hybridized carbons (Fsp3) is 0.258. The molecule has 0 aromatic heterocycles. The minimum absolute atomic E-state index is 0.153. The van der Waals surface area contributed by atoms with Gasteiger partial charge in [0.1, 0.15) is 24.8 Å². The number of halogens is 1. The van der Waals surface area contributed by atoms with Gasteiger partial charge < -0.3 is 34.7 Å². The zero-order valence-electron chi connectivity index (χ0n) is 23.9. The monoisotopic (exact) mass is 592 g/mol. The van der Waals surface area contributed by atoms with Crippen molar-refractivity contribution in [3.8, 4) is 17.2 Å². The van der Waals surface area contributed by atoms with E-state index in [4.69, 9.17) is 18.9 Å². The van der Waals surface area contributed by atoms with Crippen molar-refractivity contribution in [2.45, 2.75) is 32.7 Å². The highest BCUT2D eigenvalue weighted by molar-refractivity contribution is 5.95. The summed E-state index contributed by atoms with van der Waals surface area (Å²) in [6.07, 6.45) is 0.390. The van der Waals surface area contributed by atoms with Crippen molar-refractivity contribution in [1.29, 1.82) is 0 Å². The fourth-order valence-corrected chi connectivity index (χ4v) is 4.26. The number of urea groups is 1. The lowest BCUT2D eigenvalue weighted by molar-refractivity contribution is -0.136. The van der Waals surface area contributed by atoms with E-state index in [0.717, 1.165) is 11.1 Å². The van der Waals surface area contributed by atoms with Crippen molar-refractivity contribution >= 4 is 18.2 Å². The number of allylic oxidation sites excluding steroid dienone is 1. The summed E-state index contributed by atoms with van der Waals surface area (Å²) < 4.78 is 35.4. The maximum absolute atomic E-state index is 13.3. The lowest BCUT2D eigenvalue weighted by Crippen LogP contribution is -2.45. The number of carbonyl (C=O) groups excluding carboxylic acids is 2. The van der Waals surface area contributed by atoms with E-state index in [2.05, 4.69) is 21.2 Å². The Bertz CT molecular complexity index is 1490. The lowest BCUT2D eigenvalue weighted by atomic mass is 9.95. The van der Waals surface area contributed by atoms with E-state index in [1.54, 1.807) is 68.4 Å². The molecular formula is C31H33FN4O7. The average molecular weight is 593 g/mol. The minimum Gasteiger partial charge on any atom is -0.490 e. The largest absolute Gasteiger partial charge is 0.490 e. The number of hydrazone groups is 1. The third-order valence-electron chi connectivity index (χ3n) is 6.28. The Morgan fingerprint density at radius 1 is 1.09 bits per heavy atom. The first kappa shape index (κ1) is 30.8. The summed E-state index contributed by atoms with van der Waals surface area (Å²) in [4.78, 5) is 24.5. The number of carbonyl (C=O) groups is 2. The molecule has 43 heavy (non-hydrogen) atoms. The summed E-state index contributed by atoms with van der Waals surface area (Å²) >= 11 is 0. The summed E-state index contributed by atoms with van der Waals surface area (Å²) in [6.45, 7) is 3.85. The van der Waals surface area contributed by atoms with Crippen molar-refractivity contribution in [3.63, 3.8) is 0 Å². The summed E-state index contributed by atoms with van der Waals surface area (Å²) in [5.41, 5.74) is 5.32. The number of hydrogen-bond donors (Lipinski definition) is 4. The number of methoxy groups -OCH3 is 1. The molecule has 3 aromatic carbocycles. The number of esters is 1. The average Bonchev–Trinajstić information content (AvgIpc) is 2.99. The van der Waals surface area contributed by atoms with Crippen LogP contribution in [-0.4, -0.2) is 49.9 Å². The van der Waals surface area contributed by atoms with Crippen molar-refractivity contribution in [2.24, 2.45) is 5.10 Å². The van der Waals surface area contributed by atoms with Gasteiger partial charge in [0.05, 0.1) is 31.5 Å². The maximum Gasteiger partial charge on any atom is 0.337 e. The summed E-state index contributed by atoms with van der Waals surface area (Å²) in [6, 6.07) is 17.1. The molecule has 0 saturated heterocycles. The van der Waals surface area contributed by atoms with Crippen molar-refractivity contribution < 1.29 is 38.0 Å². The molecule has 4 N–H and O–H groups in total. The zero-order valence-corrected chi connectivity index (χ0v) is 23.9. The maximum atomic E-state index is 13.3. The van der Waals surface area contributed by atoms with E-state index >= 15 is 0 Å². The van der Waals surface area contributed by atoms with Crippen LogP contribution in [0.15, 0.2) is 83.1 Å². The molecule has 4 rings (SSSR count). The summed E-state index contributed by atoms with van der Waals surface area (Å²) in [5, 5.41) is 19.7. The predicted octanol–water partition coefficient (Wildman–Crippen LogP) is 3.93. The first-order valence-corrected chi connectivity index (χ1v) is 13.5. The van der Waals surface area contributed by atoms with Crippen LogP contribution in [0.4, 0.5) is 9.18 Å². The van der Waals surface area contributed by atoms with E-state index in [1.165, 1.54) is 25.5 Å². The Morgan fingerprint density at radius 2 is 1.88 bits per heavy atom. The van der Waals surface area contributed by atoms with Crippen LogP contribution < -0.4 is 30.3 Å². The molecule has 0 radical (unpaired) electrons. The van der Waals surface area contributed by atoms with Gasteiger partial charge in [0.2, 0.25) is 0 Å². The molecule has 3 aromatic rings. The number of nitrogens with zero attached hydrogens (tertiary/aromatic N) is 1. The Kier molecular flexibility index (Phi) is 10.5. The molecule has 11 nitrogen and oxygen atoms in total. The number of aliphatic hydroxyl groups is 1. The van der Waals surface area contributed by atoms with Gasteiger partial charge in [-0.2, -0.15) is 5.10 Å². The van der Waals surface area contributed by atoms with E-state index in [-0.39, 0.29) is 24.6 Å². The minimum atomic E-state index is -1.14. The SMILES string of the molecule is CCOc1cc([C@@H]2NC(=O)NC(C)=C2C(=O)OC)ccc1OC[C@H](O)N/N=C\c1ccc(OCc2cccc(F)c2)cc1. The van der Waals surface area contributed by atoms with Gasteiger partial charge in [0.25, 0.3) is 0 Å². The summed E-state index contributed by atoms with van der Waals surface area (Å²) in [5.74, 6) is 0.449. The molecule has 0 saturated carbocycles. The van der Waals surface area contributed by atoms with Crippen LogP contribution in [0.1, 0.15) is 36.6 Å². The van der Waals surface area contributed by atoms with Gasteiger partial charge in [-0.25, -0.2) is 14.0 Å². The number of rotatable bonds is 13. The number of benzene rings is 3. The molecule has 226 valence electrons. The third kappa shape index (κ3) is 8.46. The molecule has 12 heteroatoms. The Hall–Kier alpha value is -5.10. The lowest BCUT2D eigenvalue weighted by Gasteiger charge is -2.28. The van der Waals surface area contributed by atoms with Crippen molar-refractivity contribution in [1.82, 2.24) is 16.1 Å². The van der Waals surface area contributed by atoms with Crippen LogP contribution in [0, 0.1) is 5.82 Å². The van der Waals surface area contributed by atoms with E-state index in [0.29, 0.717) is 35.1 Å². The molecule has 0 bridgehead atoms. The molecule has 0 spiro atoms. The topological polar surface area (TPSA) is 140 Å². The van der Waals surface area contributed by atoms with Crippen molar-refractivity contribution in [3.05, 3.63) is 101 Å². The molecule has 0 fully saturated rings. The van der Waals surface area contributed by atoms with E-state index in [1.807, 2.05) is 0 Å². The second kappa shape index (κ2) is 14.7. The first-order chi connectivity index (χ1) is 20.8. The van der Waals surface area contributed by atoms with E-state index < -0.39 is 24.3 Å². The zero-order chi connectivity index (χ0) is 30.8. The Balaban J connectivity index is 1.32. The highest BCUT2D eigenvalue weighted by Crippen LogP contribution is 2.35. The van der Waals surface area contributed by atoms with Crippen LogP contribution in [0.25, 0.3) is 0 Å². The van der Waals surface area contributed by atoms with Crippen LogP contribution in [0.2, 0.25) is 0 Å². The van der Waals surface area contributed by atoms with E-state index in [9.17, 15) is 19.1 Å². The highest BCUT2D eigenvalue weighted by Gasteiger charge is 2.32. The third-order valence-corrected chi connectivity index (χ3v) is 6.28. The van der Waals surface area contributed by atoms with Gasteiger partial charge in [-0.05, 0) is 79.1 Å². The quantitative estimate of drug-likeness (QED) is 0.101. The molecule has 1 aliphatic heterocycles. The van der Waals surface area contributed by atoms with Gasteiger partial charge in [-0.15, -0.1) is 0 Å². The first-order valence-electron chi connectivity index (χ1n) is 13.5. The number of ether oxygens (including phenoxy) is 4. The van der Waals surface area contributed by atoms with Crippen LogP contribution in [-0.2, 0) is 16.1 Å². The number of nitrogens with one attached hydrogen (secondary N) is 3. The van der Waals surface area contributed by atoms with Gasteiger partial charge in [0.15, 0.2) is 17.7 Å². The van der Waals surface area contributed by atoms with Crippen molar-refractivity contribution in [2.75, 3.05) is 20.3 Å². The molecule has 1 aliphatic rings.